The first-order chi connectivity index (χ1) is 10.8. The standard InChI is InChI=1S/C19H32O4/c1-6-17(20)22-13-9-8-11-16(3)15-19(4,5)12-10-14-23-18(21)7-2/h6-7,16H,1-2,8-15H2,3-5H3. The first kappa shape index (κ1) is 21.4. The van der Waals surface area contributed by atoms with Gasteiger partial charge in [-0.3, -0.25) is 0 Å². The van der Waals surface area contributed by atoms with Crippen molar-refractivity contribution in [3.63, 3.8) is 0 Å². The highest BCUT2D eigenvalue weighted by atomic mass is 16.5. The second kappa shape index (κ2) is 11.9. The molecule has 0 radical (unpaired) electrons. The first-order valence-electron chi connectivity index (χ1n) is 8.39. The monoisotopic (exact) mass is 324 g/mol. The number of unbranched alkanes of at least 4 members (excludes halogenated alkanes) is 1. The van der Waals surface area contributed by atoms with Gasteiger partial charge in [0.2, 0.25) is 0 Å². The molecule has 0 aliphatic rings. The molecule has 0 aromatic rings. The second-order valence-electron chi connectivity index (χ2n) is 6.82. The van der Waals surface area contributed by atoms with Crippen molar-refractivity contribution in [2.45, 2.75) is 59.3 Å². The van der Waals surface area contributed by atoms with Crippen LogP contribution >= 0.6 is 0 Å². The molecule has 4 heteroatoms. The zero-order valence-corrected chi connectivity index (χ0v) is 14.9. The van der Waals surface area contributed by atoms with E-state index in [0.717, 1.165) is 38.5 Å². The third kappa shape index (κ3) is 12.6. The van der Waals surface area contributed by atoms with Crippen molar-refractivity contribution in [1.82, 2.24) is 0 Å². The van der Waals surface area contributed by atoms with Crippen molar-refractivity contribution in [2.75, 3.05) is 13.2 Å². The Balaban J connectivity index is 3.78. The normalized spacial score (nSPS) is 12.3. The Morgan fingerprint density at radius 2 is 1.52 bits per heavy atom. The molecule has 0 bridgehead atoms. The van der Waals surface area contributed by atoms with Gasteiger partial charge in [-0.15, -0.1) is 0 Å². The maximum absolute atomic E-state index is 11.0. The van der Waals surface area contributed by atoms with Gasteiger partial charge >= 0.3 is 11.9 Å². The summed E-state index contributed by atoms with van der Waals surface area (Å²) in [6, 6.07) is 0. The van der Waals surface area contributed by atoms with Crippen LogP contribution in [0.5, 0.6) is 0 Å². The summed E-state index contributed by atoms with van der Waals surface area (Å²) in [5.41, 5.74) is 0.231. The maximum Gasteiger partial charge on any atom is 0.330 e. The van der Waals surface area contributed by atoms with Crippen molar-refractivity contribution in [3.8, 4) is 0 Å². The molecule has 132 valence electrons. The summed E-state index contributed by atoms with van der Waals surface area (Å²) in [6.45, 7) is 14.4. The maximum atomic E-state index is 11.0. The van der Waals surface area contributed by atoms with Crippen LogP contribution in [-0.2, 0) is 19.1 Å². The van der Waals surface area contributed by atoms with Gasteiger partial charge in [-0.2, -0.15) is 0 Å². The van der Waals surface area contributed by atoms with Crippen molar-refractivity contribution in [2.24, 2.45) is 11.3 Å². The minimum absolute atomic E-state index is 0.231. The summed E-state index contributed by atoms with van der Waals surface area (Å²) in [6.07, 6.45) is 8.49. The molecule has 0 aromatic carbocycles. The number of hydrogen-bond acceptors (Lipinski definition) is 4. The number of ether oxygens (including phenoxy) is 2. The Hall–Kier alpha value is -1.58. The van der Waals surface area contributed by atoms with Crippen LogP contribution in [-0.4, -0.2) is 25.2 Å². The second-order valence-corrected chi connectivity index (χ2v) is 6.82. The molecule has 0 spiro atoms. The fourth-order valence-corrected chi connectivity index (χ4v) is 2.76. The van der Waals surface area contributed by atoms with Crippen molar-refractivity contribution in [3.05, 3.63) is 25.3 Å². The molecular formula is C19H32O4. The SMILES string of the molecule is C=CC(=O)OCCCCC(C)CC(C)(C)CCCOC(=O)C=C. The van der Waals surface area contributed by atoms with E-state index in [0.29, 0.717) is 19.1 Å². The zero-order chi connectivity index (χ0) is 17.7. The molecule has 0 aliphatic heterocycles. The number of rotatable bonds is 13. The summed E-state index contributed by atoms with van der Waals surface area (Å²) < 4.78 is 9.97. The van der Waals surface area contributed by atoms with Gasteiger partial charge < -0.3 is 9.47 Å². The predicted molar refractivity (Wildman–Crippen MR) is 93.0 cm³/mol. The summed E-state index contributed by atoms with van der Waals surface area (Å²) >= 11 is 0. The van der Waals surface area contributed by atoms with E-state index in [1.54, 1.807) is 0 Å². The Kier molecular flexibility index (Phi) is 11.1. The van der Waals surface area contributed by atoms with Gasteiger partial charge in [0.05, 0.1) is 13.2 Å². The van der Waals surface area contributed by atoms with Crippen LogP contribution in [0.15, 0.2) is 25.3 Å². The molecule has 0 heterocycles. The van der Waals surface area contributed by atoms with Crippen molar-refractivity contribution >= 4 is 11.9 Å². The minimum atomic E-state index is -0.353. The minimum Gasteiger partial charge on any atom is -0.463 e. The molecule has 23 heavy (non-hydrogen) atoms. The smallest absolute Gasteiger partial charge is 0.330 e. The number of carbonyl (C=O) groups excluding carboxylic acids is 2. The van der Waals surface area contributed by atoms with Crippen LogP contribution in [0.4, 0.5) is 0 Å². The van der Waals surface area contributed by atoms with E-state index >= 15 is 0 Å². The lowest BCUT2D eigenvalue weighted by Gasteiger charge is -2.28. The zero-order valence-electron chi connectivity index (χ0n) is 14.9. The molecule has 0 saturated heterocycles. The molecule has 0 aromatic heterocycles. The molecule has 4 nitrogen and oxygen atoms in total. The van der Waals surface area contributed by atoms with E-state index in [9.17, 15) is 9.59 Å². The molecule has 0 N–H and O–H groups in total. The third-order valence-corrected chi connectivity index (χ3v) is 3.81. The summed E-state index contributed by atoms with van der Waals surface area (Å²) in [5, 5.41) is 0. The van der Waals surface area contributed by atoms with Crippen LogP contribution in [0, 0.1) is 11.3 Å². The van der Waals surface area contributed by atoms with Gasteiger partial charge in [-0.1, -0.05) is 40.3 Å². The summed E-state index contributed by atoms with van der Waals surface area (Å²) in [5.74, 6) is -0.0829. The average Bonchev–Trinajstić information content (AvgIpc) is 2.50. The van der Waals surface area contributed by atoms with Crippen molar-refractivity contribution < 1.29 is 19.1 Å². The van der Waals surface area contributed by atoms with Gasteiger partial charge in [0.15, 0.2) is 0 Å². The average molecular weight is 324 g/mol. The van der Waals surface area contributed by atoms with E-state index in [2.05, 4.69) is 33.9 Å². The van der Waals surface area contributed by atoms with Gasteiger partial charge in [0.1, 0.15) is 0 Å². The molecule has 0 amide bonds. The fraction of sp³-hybridized carbons (Fsp3) is 0.684. The molecule has 1 atom stereocenters. The van der Waals surface area contributed by atoms with Crippen LogP contribution in [0.2, 0.25) is 0 Å². The van der Waals surface area contributed by atoms with Crippen molar-refractivity contribution in [1.29, 1.82) is 0 Å². The Labute approximate surface area is 140 Å². The Bertz CT molecular complexity index is 385. The molecule has 0 fully saturated rings. The van der Waals surface area contributed by atoms with Gasteiger partial charge in [-0.25, -0.2) is 9.59 Å². The number of esters is 2. The molecule has 0 rings (SSSR count). The van der Waals surface area contributed by atoms with Gasteiger partial charge in [0.25, 0.3) is 0 Å². The largest absolute Gasteiger partial charge is 0.463 e. The molecular weight excluding hydrogens is 292 g/mol. The van der Waals surface area contributed by atoms with E-state index in [1.165, 1.54) is 12.2 Å². The van der Waals surface area contributed by atoms with E-state index in [4.69, 9.17) is 9.47 Å². The molecule has 1 unspecified atom stereocenters. The van der Waals surface area contributed by atoms with Crippen LogP contribution in [0.1, 0.15) is 59.3 Å². The third-order valence-electron chi connectivity index (χ3n) is 3.81. The Morgan fingerprint density at radius 3 is 2.04 bits per heavy atom. The topological polar surface area (TPSA) is 52.6 Å². The Morgan fingerprint density at radius 1 is 1.00 bits per heavy atom. The highest BCUT2D eigenvalue weighted by Crippen LogP contribution is 2.32. The van der Waals surface area contributed by atoms with Gasteiger partial charge in [-0.05, 0) is 43.4 Å². The highest BCUT2D eigenvalue weighted by Gasteiger charge is 2.20. The van der Waals surface area contributed by atoms with E-state index in [1.807, 2.05) is 0 Å². The summed E-state index contributed by atoms with van der Waals surface area (Å²) in [4.78, 5) is 21.9. The molecule has 0 saturated carbocycles. The van der Waals surface area contributed by atoms with E-state index in [-0.39, 0.29) is 17.4 Å². The van der Waals surface area contributed by atoms with Crippen LogP contribution < -0.4 is 0 Å². The number of carbonyl (C=O) groups is 2. The lowest BCUT2D eigenvalue weighted by molar-refractivity contribution is -0.138. The molecule has 0 aliphatic carbocycles. The summed E-state index contributed by atoms with van der Waals surface area (Å²) in [7, 11) is 0. The van der Waals surface area contributed by atoms with E-state index < -0.39 is 0 Å². The lowest BCUT2D eigenvalue weighted by Crippen LogP contribution is -2.17. The lowest BCUT2D eigenvalue weighted by atomic mass is 9.78. The quantitative estimate of drug-likeness (QED) is 0.285. The van der Waals surface area contributed by atoms with Crippen LogP contribution in [0.3, 0.4) is 0 Å². The highest BCUT2D eigenvalue weighted by molar-refractivity contribution is 5.81. The van der Waals surface area contributed by atoms with Gasteiger partial charge in [0, 0.05) is 12.2 Å². The van der Waals surface area contributed by atoms with Crippen LogP contribution in [0.25, 0.3) is 0 Å². The number of hydrogen-bond donors (Lipinski definition) is 0. The first-order valence-corrected chi connectivity index (χ1v) is 8.39. The predicted octanol–water partition coefficient (Wildman–Crippen LogP) is 4.45. The fourth-order valence-electron chi connectivity index (χ4n) is 2.76.